The summed E-state index contributed by atoms with van der Waals surface area (Å²) in [6.07, 6.45) is 2.84. The molecule has 17 heavy (non-hydrogen) atoms. The van der Waals surface area contributed by atoms with Gasteiger partial charge in [0.05, 0.1) is 0 Å². The molecule has 0 bridgehead atoms. The predicted octanol–water partition coefficient (Wildman–Crippen LogP) is 0.914. The summed E-state index contributed by atoms with van der Waals surface area (Å²) in [5, 5.41) is 0. The number of piperidine rings is 1. The molecule has 100 valence electrons. The molecule has 4 nitrogen and oxygen atoms in total. The molecule has 0 spiro atoms. The number of nitrogens with two attached hydrogens (primary N) is 1. The first-order valence-corrected chi connectivity index (χ1v) is 6.50. The van der Waals surface area contributed by atoms with Crippen LogP contribution in [0.15, 0.2) is 0 Å². The quantitative estimate of drug-likeness (QED) is 0.796. The van der Waals surface area contributed by atoms with Crippen molar-refractivity contribution < 1.29 is 4.79 Å². The Kier molecular flexibility index (Phi) is 4.95. The lowest BCUT2D eigenvalue weighted by molar-refractivity contribution is -0.134. The molecule has 0 radical (unpaired) electrons. The Morgan fingerprint density at radius 1 is 1.53 bits per heavy atom. The van der Waals surface area contributed by atoms with Gasteiger partial charge >= 0.3 is 0 Å². The van der Waals surface area contributed by atoms with Crippen LogP contribution in [0.5, 0.6) is 0 Å². The highest BCUT2D eigenvalue weighted by molar-refractivity contribution is 5.77. The van der Waals surface area contributed by atoms with Crippen LogP contribution < -0.4 is 5.73 Å². The van der Waals surface area contributed by atoms with E-state index in [0.717, 1.165) is 19.5 Å². The number of carbonyl (C=O) groups excluding carboxylic acids is 1. The van der Waals surface area contributed by atoms with Crippen molar-refractivity contribution in [2.24, 2.45) is 11.1 Å². The van der Waals surface area contributed by atoms with Gasteiger partial charge in [0, 0.05) is 26.1 Å². The van der Waals surface area contributed by atoms with Gasteiger partial charge in [0.2, 0.25) is 5.91 Å². The fraction of sp³-hybridized carbons (Fsp3) is 0.923. The summed E-state index contributed by atoms with van der Waals surface area (Å²) in [6, 6.07) is 0.370. The fourth-order valence-corrected chi connectivity index (χ4v) is 2.27. The summed E-state index contributed by atoms with van der Waals surface area (Å²) < 4.78 is 0. The van der Waals surface area contributed by atoms with E-state index in [0.29, 0.717) is 19.0 Å². The monoisotopic (exact) mass is 241 g/mol. The maximum atomic E-state index is 12.2. The van der Waals surface area contributed by atoms with Crippen LogP contribution in [0.2, 0.25) is 0 Å². The highest BCUT2D eigenvalue weighted by Crippen LogP contribution is 2.21. The van der Waals surface area contributed by atoms with Crippen LogP contribution in [0.3, 0.4) is 0 Å². The van der Waals surface area contributed by atoms with E-state index < -0.39 is 0 Å². The lowest BCUT2D eigenvalue weighted by Crippen LogP contribution is -2.48. The molecule has 0 saturated carbocycles. The maximum absolute atomic E-state index is 12.2. The summed E-state index contributed by atoms with van der Waals surface area (Å²) in [6.45, 7) is 6.78. The first-order chi connectivity index (χ1) is 7.85. The third-order valence-corrected chi connectivity index (χ3v) is 3.72. The summed E-state index contributed by atoms with van der Waals surface area (Å²) >= 11 is 0. The average molecular weight is 241 g/mol. The second-order valence-corrected chi connectivity index (χ2v) is 6.11. The molecule has 1 unspecified atom stereocenters. The van der Waals surface area contributed by atoms with Gasteiger partial charge in [-0.25, -0.2) is 0 Å². The standard InChI is InChI=1S/C13H27N3O/c1-13(2,10-14)8-12(17)16(4)11-6-5-7-15(3)9-11/h11H,5-10,14H2,1-4H3. The number of carbonyl (C=O) groups is 1. The Balaban J connectivity index is 2.51. The van der Waals surface area contributed by atoms with Gasteiger partial charge in [0.15, 0.2) is 0 Å². The number of hydrogen-bond acceptors (Lipinski definition) is 3. The molecule has 2 N–H and O–H groups in total. The molecule has 4 heteroatoms. The summed E-state index contributed by atoms with van der Waals surface area (Å²) in [5.41, 5.74) is 5.58. The summed E-state index contributed by atoms with van der Waals surface area (Å²) in [4.78, 5) is 16.4. The third-order valence-electron chi connectivity index (χ3n) is 3.72. The first kappa shape index (κ1) is 14.5. The van der Waals surface area contributed by atoms with E-state index in [1.165, 1.54) is 6.42 Å². The van der Waals surface area contributed by atoms with Crippen molar-refractivity contribution in [3.63, 3.8) is 0 Å². The van der Waals surface area contributed by atoms with Gasteiger partial charge in [-0.15, -0.1) is 0 Å². The number of amides is 1. The van der Waals surface area contributed by atoms with E-state index in [-0.39, 0.29) is 11.3 Å². The van der Waals surface area contributed by atoms with Gasteiger partial charge < -0.3 is 15.5 Å². The van der Waals surface area contributed by atoms with E-state index >= 15 is 0 Å². The van der Waals surface area contributed by atoms with Crippen LogP contribution in [0.25, 0.3) is 0 Å². The molecular formula is C13H27N3O. The molecule has 1 aliphatic heterocycles. The van der Waals surface area contributed by atoms with Crippen LogP contribution in [-0.4, -0.2) is 55.5 Å². The lowest BCUT2D eigenvalue weighted by Gasteiger charge is -2.37. The zero-order valence-electron chi connectivity index (χ0n) is 11.7. The Morgan fingerprint density at radius 3 is 2.71 bits per heavy atom. The van der Waals surface area contributed by atoms with E-state index in [9.17, 15) is 4.79 Å². The minimum atomic E-state index is -0.0914. The van der Waals surface area contributed by atoms with E-state index in [1.54, 1.807) is 0 Å². The van der Waals surface area contributed by atoms with Crippen molar-refractivity contribution in [2.75, 3.05) is 33.7 Å². The molecule has 1 aliphatic rings. The topological polar surface area (TPSA) is 49.6 Å². The fourth-order valence-electron chi connectivity index (χ4n) is 2.27. The number of likely N-dealkylation sites (N-methyl/N-ethyl adjacent to an activating group) is 2. The minimum Gasteiger partial charge on any atom is -0.341 e. The van der Waals surface area contributed by atoms with Crippen LogP contribution in [0.1, 0.15) is 33.1 Å². The molecule has 1 rings (SSSR count). The average Bonchev–Trinajstić information content (AvgIpc) is 2.27. The Bertz CT molecular complexity index is 265. The highest BCUT2D eigenvalue weighted by Gasteiger charge is 2.28. The molecule has 0 aliphatic carbocycles. The van der Waals surface area contributed by atoms with Crippen molar-refractivity contribution in [1.29, 1.82) is 0 Å². The van der Waals surface area contributed by atoms with Gasteiger partial charge in [-0.2, -0.15) is 0 Å². The molecule has 1 saturated heterocycles. The first-order valence-electron chi connectivity index (χ1n) is 6.50. The van der Waals surface area contributed by atoms with Crippen molar-refractivity contribution in [3.05, 3.63) is 0 Å². The van der Waals surface area contributed by atoms with Crippen molar-refractivity contribution in [2.45, 2.75) is 39.2 Å². The Hall–Kier alpha value is -0.610. The SMILES string of the molecule is CN1CCCC(N(C)C(=O)CC(C)(C)CN)C1. The molecule has 0 aromatic rings. The molecule has 1 amide bonds. The zero-order chi connectivity index (χ0) is 13.1. The second-order valence-electron chi connectivity index (χ2n) is 6.11. The summed E-state index contributed by atoms with van der Waals surface area (Å²) in [7, 11) is 4.05. The second kappa shape index (κ2) is 5.83. The normalized spacial score (nSPS) is 22.5. The van der Waals surface area contributed by atoms with Gasteiger partial charge in [0.1, 0.15) is 0 Å². The zero-order valence-corrected chi connectivity index (χ0v) is 11.7. The molecule has 1 fully saturated rings. The van der Waals surface area contributed by atoms with Crippen molar-refractivity contribution in [1.82, 2.24) is 9.80 Å². The molecule has 0 aromatic heterocycles. The third kappa shape index (κ3) is 4.28. The van der Waals surface area contributed by atoms with Gasteiger partial charge in [-0.05, 0) is 38.4 Å². The van der Waals surface area contributed by atoms with E-state index in [1.807, 2.05) is 25.8 Å². The maximum Gasteiger partial charge on any atom is 0.223 e. The molecule has 1 heterocycles. The van der Waals surface area contributed by atoms with Gasteiger partial charge in [-0.3, -0.25) is 4.79 Å². The smallest absolute Gasteiger partial charge is 0.223 e. The van der Waals surface area contributed by atoms with Gasteiger partial charge in [-0.1, -0.05) is 13.8 Å². The van der Waals surface area contributed by atoms with Crippen molar-refractivity contribution >= 4 is 5.91 Å². The van der Waals surface area contributed by atoms with Crippen LogP contribution in [0, 0.1) is 5.41 Å². The van der Waals surface area contributed by atoms with E-state index in [2.05, 4.69) is 11.9 Å². The minimum absolute atomic E-state index is 0.0914. The Labute approximate surface area is 105 Å². The predicted molar refractivity (Wildman–Crippen MR) is 70.7 cm³/mol. The van der Waals surface area contributed by atoms with Crippen LogP contribution >= 0.6 is 0 Å². The summed E-state index contributed by atoms with van der Waals surface area (Å²) in [5.74, 6) is 0.223. The van der Waals surface area contributed by atoms with Gasteiger partial charge in [0.25, 0.3) is 0 Å². The van der Waals surface area contributed by atoms with E-state index in [4.69, 9.17) is 5.73 Å². The largest absolute Gasteiger partial charge is 0.341 e. The number of rotatable bonds is 4. The Morgan fingerprint density at radius 2 is 2.18 bits per heavy atom. The highest BCUT2D eigenvalue weighted by atomic mass is 16.2. The molecule has 1 atom stereocenters. The molecular weight excluding hydrogens is 214 g/mol. The number of likely N-dealkylation sites (tertiary alicyclic amines) is 1. The molecule has 0 aromatic carbocycles. The van der Waals surface area contributed by atoms with Crippen molar-refractivity contribution in [3.8, 4) is 0 Å². The number of hydrogen-bond donors (Lipinski definition) is 1. The van der Waals surface area contributed by atoms with Crippen LogP contribution in [0.4, 0.5) is 0 Å². The van der Waals surface area contributed by atoms with Crippen LogP contribution in [-0.2, 0) is 4.79 Å². The lowest BCUT2D eigenvalue weighted by atomic mass is 9.88. The number of nitrogens with zero attached hydrogens (tertiary/aromatic N) is 2.